The number of aliphatic imine (C=N–C) groups is 1. The summed E-state index contributed by atoms with van der Waals surface area (Å²) in [7, 11) is 1.70. The lowest BCUT2D eigenvalue weighted by molar-refractivity contribution is 0.179. The highest BCUT2D eigenvalue weighted by Crippen LogP contribution is 2.06. The van der Waals surface area contributed by atoms with Crippen molar-refractivity contribution in [1.82, 2.24) is 20.2 Å². The third kappa shape index (κ3) is 6.58. The summed E-state index contributed by atoms with van der Waals surface area (Å²) < 4.78 is 7.34. The number of rotatable bonds is 9. The lowest BCUT2D eigenvalue weighted by Gasteiger charge is -2.17. The molecule has 0 aliphatic carbocycles. The van der Waals surface area contributed by atoms with Crippen molar-refractivity contribution in [2.24, 2.45) is 4.99 Å². The predicted molar refractivity (Wildman–Crippen MR) is 102 cm³/mol. The molecule has 0 bridgehead atoms. The molecule has 1 aromatic heterocycles. The molecular weight excluding hydrogens is 314 g/mol. The molecule has 1 aromatic carbocycles. The van der Waals surface area contributed by atoms with Crippen LogP contribution in [0, 0.1) is 0 Å². The van der Waals surface area contributed by atoms with Crippen LogP contribution in [0.15, 0.2) is 47.7 Å². The van der Waals surface area contributed by atoms with Crippen molar-refractivity contribution in [3.8, 4) is 0 Å². The van der Waals surface area contributed by atoms with E-state index >= 15 is 0 Å². The van der Waals surface area contributed by atoms with Crippen LogP contribution in [0.1, 0.15) is 25.2 Å². The molecule has 0 aliphatic rings. The van der Waals surface area contributed by atoms with E-state index in [0.717, 1.165) is 31.3 Å². The average molecular weight is 343 g/mol. The molecule has 0 aliphatic heterocycles. The minimum absolute atomic E-state index is 0.211. The van der Waals surface area contributed by atoms with Gasteiger partial charge in [0, 0.05) is 51.6 Å². The summed E-state index contributed by atoms with van der Waals surface area (Å²) in [4.78, 5) is 9.12. The minimum Gasteiger partial charge on any atom is -0.383 e. The number of nitrogens with zero attached hydrogens (tertiary/aromatic N) is 3. The summed E-state index contributed by atoms with van der Waals surface area (Å²) in [6, 6.07) is 10.6. The molecule has 0 saturated carbocycles. The molecule has 0 radical (unpaired) electrons. The first-order valence-corrected chi connectivity index (χ1v) is 8.80. The Labute approximate surface area is 150 Å². The molecule has 2 rings (SSSR count). The Bertz CT molecular complexity index is 638. The zero-order valence-electron chi connectivity index (χ0n) is 15.4. The van der Waals surface area contributed by atoms with Crippen LogP contribution in [0.25, 0.3) is 0 Å². The summed E-state index contributed by atoms with van der Waals surface area (Å²) in [5.74, 6) is 1.86. The molecule has 136 valence electrons. The third-order valence-electron chi connectivity index (χ3n) is 3.75. The van der Waals surface area contributed by atoms with Crippen LogP contribution in [-0.4, -0.2) is 48.4 Å². The number of aromatic nitrogens is 2. The third-order valence-corrected chi connectivity index (χ3v) is 3.75. The zero-order chi connectivity index (χ0) is 17.9. The van der Waals surface area contributed by atoms with Crippen molar-refractivity contribution in [3.63, 3.8) is 0 Å². The summed E-state index contributed by atoms with van der Waals surface area (Å²) >= 11 is 0. The molecule has 0 spiro atoms. The Kier molecular flexibility index (Phi) is 7.98. The molecule has 1 atom stereocenters. The van der Waals surface area contributed by atoms with Gasteiger partial charge in [0.05, 0.1) is 6.61 Å². The Morgan fingerprint density at radius 3 is 2.84 bits per heavy atom. The highest BCUT2D eigenvalue weighted by Gasteiger charge is 2.06. The van der Waals surface area contributed by atoms with E-state index in [0.29, 0.717) is 13.2 Å². The fourth-order valence-electron chi connectivity index (χ4n) is 2.61. The van der Waals surface area contributed by atoms with Crippen molar-refractivity contribution < 1.29 is 4.74 Å². The van der Waals surface area contributed by atoms with Crippen molar-refractivity contribution in [3.05, 3.63) is 54.1 Å². The molecule has 25 heavy (non-hydrogen) atoms. The van der Waals surface area contributed by atoms with E-state index in [4.69, 9.17) is 4.74 Å². The number of guanidine groups is 1. The maximum atomic E-state index is 5.16. The Balaban J connectivity index is 1.92. The number of hydrogen-bond acceptors (Lipinski definition) is 3. The second-order valence-corrected chi connectivity index (χ2v) is 5.97. The van der Waals surface area contributed by atoms with E-state index in [-0.39, 0.29) is 6.04 Å². The van der Waals surface area contributed by atoms with E-state index in [1.54, 1.807) is 7.11 Å². The fourth-order valence-corrected chi connectivity index (χ4v) is 2.61. The van der Waals surface area contributed by atoms with Gasteiger partial charge in [-0.15, -0.1) is 0 Å². The number of nitrogens with one attached hydrogen (secondary N) is 2. The molecule has 2 aromatic rings. The van der Waals surface area contributed by atoms with E-state index in [2.05, 4.69) is 63.3 Å². The minimum atomic E-state index is 0.211. The van der Waals surface area contributed by atoms with E-state index < -0.39 is 0 Å². The number of hydrogen-bond donors (Lipinski definition) is 2. The van der Waals surface area contributed by atoms with Crippen molar-refractivity contribution in [1.29, 1.82) is 0 Å². The van der Waals surface area contributed by atoms with Crippen LogP contribution in [0.5, 0.6) is 0 Å². The first-order valence-electron chi connectivity index (χ1n) is 8.80. The molecule has 1 unspecified atom stereocenters. The molecule has 6 heteroatoms. The summed E-state index contributed by atoms with van der Waals surface area (Å²) in [5, 5.41) is 6.60. The first kappa shape index (κ1) is 19.0. The average Bonchev–Trinajstić information content (AvgIpc) is 3.03. The molecule has 1 heterocycles. The van der Waals surface area contributed by atoms with E-state index in [1.165, 1.54) is 5.56 Å². The quantitative estimate of drug-likeness (QED) is 0.540. The number of imidazole rings is 1. The number of methoxy groups -OCH3 is 1. The second-order valence-electron chi connectivity index (χ2n) is 5.97. The molecular formula is C19H29N5O. The van der Waals surface area contributed by atoms with Crippen molar-refractivity contribution in [2.75, 3.05) is 26.8 Å². The van der Waals surface area contributed by atoms with Gasteiger partial charge >= 0.3 is 0 Å². The Morgan fingerprint density at radius 2 is 2.12 bits per heavy atom. The van der Waals surface area contributed by atoms with Crippen LogP contribution in [0.4, 0.5) is 0 Å². The van der Waals surface area contributed by atoms with E-state index in [1.807, 2.05) is 18.5 Å². The van der Waals surface area contributed by atoms with Gasteiger partial charge in [0.15, 0.2) is 5.96 Å². The van der Waals surface area contributed by atoms with Crippen LogP contribution in [0.3, 0.4) is 0 Å². The zero-order valence-corrected chi connectivity index (χ0v) is 15.4. The van der Waals surface area contributed by atoms with Crippen LogP contribution in [0.2, 0.25) is 0 Å². The highest BCUT2D eigenvalue weighted by molar-refractivity contribution is 5.80. The maximum absolute atomic E-state index is 5.16. The largest absolute Gasteiger partial charge is 0.383 e. The summed E-state index contributed by atoms with van der Waals surface area (Å²) in [5.41, 5.74) is 1.27. The Morgan fingerprint density at radius 1 is 1.32 bits per heavy atom. The van der Waals surface area contributed by atoms with Crippen LogP contribution >= 0.6 is 0 Å². The normalized spacial score (nSPS) is 12.8. The van der Waals surface area contributed by atoms with Gasteiger partial charge in [-0.2, -0.15) is 0 Å². The lowest BCUT2D eigenvalue weighted by atomic mass is 10.2. The van der Waals surface area contributed by atoms with Gasteiger partial charge in [-0.25, -0.2) is 4.98 Å². The lowest BCUT2D eigenvalue weighted by Crippen LogP contribution is -2.44. The van der Waals surface area contributed by atoms with Gasteiger partial charge in [0.2, 0.25) is 0 Å². The number of benzene rings is 1. The van der Waals surface area contributed by atoms with Gasteiger partial charge < -0.3 is 19.9 Å². The highest BCUT2D eigenvalue weighted by atomic mass is 16.5. The second kappa shape index (κ2) is 10.5. The van der Waals surface area contributed by atoms with Crippen molar-refractivity contribution >= 4 is 5.96 Å². The summed E-state index contributed by atoms with van der Waals surface area (Å²) in [6.45, 7) is 7.12. The van der Waals surface area contributed by atoms with Gasteiger partial charge in [0.25, 0.3) is 0 Å². The summed E-state index contributed by atoms with van der Waals surface area (Å²) in [6.07, 6.45) is 4.68. The SMILES string of the molecule is CCNC(=NCCc1nccn1Cc1ccccc1)NC(C)COC. The van der Waals surface area contributed by atoms with Crippen molar-refractivity contribution in [2.45, 2.75) is 32.9 Å². The van der Waals surface area contributed by atoms with Gasteiger partial charge in [-0.3, -0.25) is 4.99 Å². The molecule has 0 fully saturated rings. The fraction of sp³-hybridized carbons (Fsp3) is 0.474. The van der Waals surface area contributed by atoms with Gasteiger partial charge in [0.1, 0.15) is 5.82 Å². The predicted octanol–water partition coefficient (Wildman–Crippen LogP) is 2.06. The van der Waals surface area contributed by atoms with Gasteiger partial charge in [-0.05, 0) is 19.4 Å². The molecule has 2 N–H and O–H groups in total. The maximum Gasteiger partial charge on any atom is 0.191 e. The molecule has 0 saturated heterocycles. The standard InChI is InChI=1S/C19H29N5O/c1-4-20-19(23-16(2)15-25-3)22-11-10-18-21-12-13-24(18)14-17-8-6-5-7-9-17/h5-9,12-13,16H,4,10-11,14-15H2,1-3H3,(H2,20,22,23). The molecule has 0 amide bonds. The molecule has 6 nitrogen and oxygen atoms in total. The van der Waals surface area contributed by atoms with Crippen LogP contribution < -0.4 is 10.6 Å². The monoisotopic (exact) mass is 343 g/mol. The van der Waals surface area contributed by atoms with Crippen LogP contribution in [-0.2, 0) is 17.7 Å². The topological polar surface area (TPSA) is 63.5 Å². The smallest absolute Gasteiger partial charge is 0.191 e. The van der Waals surface area contributed by atoms with Gasteiger partial charge in [-0.1, -0.05) is 30.3 Å². The van der Waals surface area contributed by atoms with E-state index in [9.17, 15) is 0 Å². The number of ether oxygens (including phenoxy) is 1. The Hall–Kier alpha value is -2.34. The first-order chi connectivity index (χ1) is 12.2.